The van der Waals surface area contributed by atoms with Gasteiger partial charge in [0.2, 0.25) is 0 Å². The molecule has 0 bridgehead atoms. The smallest absolute Gasteiger partial charge is 0.342 e. The van der Waals surface area contributed by atoms with Crippen molar-refractivity contribution in [3.63, 3.8) is 0 Å². The van der Waals surface area contributed by atoms with Gasteiger partial charge in [-0.05, 0) is 29.3 Å². The summed E-state index contributed by atoms with van der Waals surface area (Å²) < 4.78 is 36.2. The van der Waals surface area contributed by atoms with Crippen molar-refractivity contribution in [1.82, 2.24) is 0 Å². The van der Waals surface area contributed by atoms with Crippen LogP contribution in [0.4, 0.5) is 8.78 Å². The molecule has 0 spiro atoms. The van der Waals surface area contributed by atoms with E-state index >= 15 is 0 Å². The maximum Gasteiger partial charge on any atom is 0.342 e. The van der Waals surface area contributed by atoms with Crippen LogP contribution in [0.15, 0.2) is 54.1 Å². The maximum absolute atomic E-state index is 13.3. The number of Topliss-reactive ketones (excluding diaryl/α,β-unsaturated/α-hetero) is 1. The highest BCUT2D eigenvalue weighted by Gasteiger charge is 2.20. The first-order valence-electron chi connectivity index (χ1n) is 7.41. The molecule has 0 fully saturated rings. The largest absolute Gasteiger partial charge is 0.457 e. The highest BCUT2D eigenvalue weighted by Crippen LogP contribution is 2.15. The van der Waals surface area contributed by atoms with Crippen LogP contribution in [0.1, 0.15) is 11.1 Å². The second-order valence-corrected chi connectivity index (χ2v) is 5.15. The Bertz CT molecular complexity index is 785. The Morgan fingerprint density at radius 1 is 1.04 bits per heavy atom. The highest BCUT2D eigenvalue weighted by molar-refractivity contribution is 6.21. The Kier molecular flexibility index (Phi) is 6.54. The molecule has 130 valence electrons. The van der Waals surface area contributed by atoms with Crippen molar-refractivity contribution in [2.24, 2.45) is 0 Å². The van der Waals surface area contributed by atoms with Crippen LogP contribution in [0.3, 0.4) is 0 Å². The lowest BCUT2D eigenvalue weighted by Gasteiger charge is -2.08. The molecule has 25 heavy (non-hydrogen) atoms. The van der Waals surface area contributed by atoms with E-state index in [1.54, 1.807) is 24.3 Å². The number of benzene rings is 2. The third-order valence-corrected chi connectivity index (χ3v) is 3.26. The minimum absolute atomic E-state index is 0.0188. The summed E-state index contributed by atoms with van der Waals surface area (Å²) >= 11 is 0. The lowest BCUT2D eigenvalue weighted by Crippen LogP contribution is -2.19. The average molecular weight is 346 g/mol. The lowest BCUT2D eigenvalue weighted by molar-refractivity contribution is -0.142. The third kappa shape index (κ3) is 5.32. The molecule has 0 atom stereocenters. The fraction of sp³-hybridized carbons (Fsp3) is 0.158. The van der Waals surface area contributed by atoms with Gasteiger partial charge < -0.3 is 9.47 Å². The lowest BCUT2D eigenvalue weighted by atomic mass is 10.1. The molecule has 0 unspecified atom stereocenters. The zero-order chi connectivity index (χ0) is 18.2. The van der Waals surface area contributed by atoms with Crippen LogP contribution < -0.4 is 0 Å². The van der Waals surface area contributed by atoms with Gasteiger partial charge in [0.1, 0.15) is 18.8 Å². The zero-order valence-electron chi connectivity index (χ0n) is 13.5. The fourth-order valence-corrected chi connectivity index (χ4v) is 2.03. The average Bonchev–Trinajstić information content (AvgIpc) is 2.61. The van der Waals surface area contributed by atoms with Crippen molar-refractivity contribution in [2.45, 2.75) is 6.61 Å². The van der Waals surface area contributed by atoms with E-state index in [1.807, 2.05) is 6.07 Å². The molecule has 0 saturated carbocycles. The van der Waals surface area contributed by atoms with E-state index < -0.39 is 23.4 Å². The van der Waals surface area contributed by atoms with E-state index in [0.29, 0.717) is 0 Å². The van der Waals surface area contributed by atoms with Gasteiger partial charge in [0, 0.05) is 7.11 Å². The van der Waals surface area contributed by atoms with E-state index in [4.69, 9.17) is 9.47 Å². The molecule has 0 aromatic heterocycles. The summed E-state index contributed by atoms with van der Waals surface area (Å²) in [5.41, 5.74) is 0.612. The first kappa shape index (κ1) is 18.5. The van der Waals surface area contributed by atoms with Crippen molar-refractivity contribution in [3.8, 4) is 0 Å². The summed E-state index contributed by atoms with van der Waals surface area (Å²) in [6.45, 7) is -0.356. The Balaban J connectivity index is 2.22. The molecule has 0 amide bonds. The Labute approximate surface area is 143 Å². The Hall–Kier alpha value is -2.86. The first-order chi connectivity index (χ1) is 12.0. The van der Waals surface area contributed by atoms with Crippen molar-refractivity contribution in [1.29, 1.82) is 0 Å². The number of halogens is 2. The number of ketones is 1. The maximum atomic E-state index is 13.3. The third-order valence-electron chi connectivity index (χ3n) is 3.26. The van der Waals surface area contributed by atoms with Gasteiger partial charge >= 0.3 is 5.97 Å². The number of hydrogen-bond acceptors (Lipinski definition) is 4. The predicted octanol–water partition coefficient (Wildman–Crippen LogP) is 3.31. The van der Waals surface area contributed by atoms with Gasteiger partial charge in [-0.2, -0.15) is 0 Å². The summed E-state index contributed by atoms with van der Waals surface area (Å²) in [6, 6.07) is 12.0. The van der Waals surface area contributed by atoms with Crippen LogP contribution in [0.5, 0.6) is 0 Å². The summed E-state index contributed by atoms with van der Waals surface area (Å²) in [7, 11) is 1.31. The molecule has 2 aromatic rings. The number of carbonyl (C=O) groups excluding carboxylic acids is 2. The highest BCUT2D eigenvalue weighted by atomic mass is 19.2. The van der Waals surface area contributed by atoms with E-state index in [1.165, 1.54) is 13.2 Å². The Morgan fingerprint density at radius 2 is 1.76 bits per heavy atom. The summed E-state index contributed by atoms with van der Waals surface area (Å²) in [5.74, 6) is -3.58. The summed E-state index contributed by atoms with van der Waals surface area (Å²) in [5, 5.41) is 0. The second kappa shape index (κ2) is 8.84. The molecule has 0 radical (unpaired) electrons. The molecule has 0 aliphatic carbocycles. The summed E-state index contributed by atoms with van der Waals surface area (Å²) in [6.07, 6.45) is 1.15. The normalized spacial score (nSPS) is 11.2. The minimum atomic E-state index is -1.08. The van der Waals surface area contributed by atoms with Gasteiger partial charge in [0.15, 0.2) is 17.4 Å². The predicted molar refractivity (Wildman–Crippen MR) is 87.5 cm³/mol. The molecule has 0 aliphatic heterocycles. The topological polar surface area (TPSA) is 52.6 Å². The van der Waals surface area contributed by atoms with Crippen LogP contribution in [0.2, 0.25) is 0 Å². The van der Waals surface area contributed by atoms with Gasteiger partial charge in [-0.1, -0.05) is 36.4 Å². The number of ether oxygens (including phenoxy) is 2. The molecule has 0 saturated heterocycles. The molecular formula is C19H16F2O4. The summed E-state index contributed by atoms with van der Waals surface area (Å²) in [4.78, 5) is 24.3. The first-order valence-corrected chi connectivity index (χ1v) is 7.41. The molecule has 0 heterocycles. The van der Waals surface area contributed by atoms with Gasteiger partial charge in [-0.3, -0.25) is 4.79 Å². The Morgan fingerprint density at radius 3 is 2.40 bits per heavy atom. The van der Waals surface area contributed by atoms with E-state index in [2.05, 4.69) is 0 Å². The van der Waals surface area contributed by atoms with Gasteiger partial charge in [0.25, 0.3) is 0 Å². The van der Waals surface area contributed by atoms with E-state index in [-0.39, 0.29) is 24.4 Å². The van der Waals surface area contributed by atoms with Crippen LogP contribution in [0, 0.1) is 11.6 Å². The standard InChI is InChI=1S/C19H16F2O4/c1-24-12-18(22)15(9-14-7-8-16(20)17(21)10-14)19(23)25-11-13-5-3-2-4-6-13/h2-10H,11-12H2,1H3/b15-9-. The molecule has 2 aromatic carbocycles. The van der Waals surface area contributed by atoms with E-state index in [0.717, 1.165) is 23.8 Å². The second-order valence-electron chi connectivity index (χ2n) is 5.15. The van der Waals surface area contributed by atoms with Crippen LogP contribution in [-0.2, 0) is 25.7 Å². The number of rotatable bonds is 7. The van der Waals surface area contributed by atoms with Crippen molar-refractivity contribution in [3.05, 3.63) is 76.9 Å². The monoisotopic (exact) mass is 346 g/mol. The number of esters is 1. The van der Waals surface area contributed by atoms with Crippen molar-refractivity contribution >= 4 is 17.8 Å². The van der Waals surface area contributed by atoms with Crippen LogP contribution in [-0.4, -0.2) is 25.5 Å². The van der Waals surface area contributed by atoms with Gasteiger partial charge in [-0.15, -0.1) is 0 Å². The van der Waals surface area contributed by atoms with Crippen LogP contribution in [0.25, 0.3) is 6.08 Å². The fourth-order valence-electron chi connectivity index (χ4n) is 2.03. The van der Waals surface area contributed by atoms with Gasteiger partial charge in [-0.25, -0.2) is 13.6 Å². The minimum Gasteiger partial charge on any atom is -0.457 e. The number of methoxy groups -OCH3 is 1. The van der Waals surface area contributed by atoms with Crippen molar-refractivity contribution < 1.29 is 27.8 Å². The number of carbonyl (C=O) groups is 2. The van der Waals surface area contributed by atoms with Crippen LogP contribution >= 0.6 is 0 Å². The molecule has 6 heteroatoms. The zero-order valence-corrected chi connectivity index (χ0v) is 13.5. The SMILES string of the molecule is COCC(=O)/C(=C/c1ccc(F)c(F)c1)C(=O)OCc1ccccc1. The van der Waals surface area contributed by atoms with Gasteiger partial charge in [0.05, 0.1) is 0 Å². The molecule has 2 rings (SSSR count). The number of hydrogen-bond donors (Lipinski definition) is 0. The van der Waals surface area contributed by atoms with Crippen molar-refractivity contribution in [2.75, 3.05) is 13.7 Å². The quantitative estimate of drug-likeness (QED) is 0.334. The molecule has 4 nitrogen and oxygen atoms in total. The van der Waals surface area contributed by atoms with E-state index in [9.17, 15) is 18.4 Å². The molecule has 0 N–H and O–H groups in total. The molecule has 0 aliphatic rings. The molecular weight excluding hydrogens is 330 g/mol.